The van der Waals surface area contributed by atoms with E-state index < -0.39 is 0 Å². The van der Waals surface area contributed by atoms with Crippen molar-refractivity contribution >= 4 is 0 Å². The van der Waals surface area contributed by atoms with Crippen LogP contribution in [0.2, 0.25) is 0 Å². The molecule has 1 atom stereocenters. The fraction of sp³-hybridized carbons (Fsp3) is 0.692. The van der Waals surface area contributed by atoms with Crippen molar-refractivity contribution < 1.29 is 0 Å². The average Bonchev–Trinajstić information content (AvgIpc) is 2.38. The average molecular weight is 219 g/mol. The third-order valence-electron chi connectivity index (χ3n) is 3.61. The van der Waals surface area contributed by atoms with Crippen LogP contribution in [0.3, 0.4) is 0 Å². The summed E-state index contributed by atoms with van der Waals surface area (Å²) in [6, 6.07) is 2.58. The summed E-state index contributed by atoms with van der Waals surface area (Å²) in [5.41, 5.74) is 1.08. The summed E-state index contributed by atoms with van der Waals surface area (Å²) in [5.74, 6) is 0.857. The largest absolute Gasteiger partial charge is 0.308 e. The minimum Gasteiger partial charge on any atom is -0.308 e. The van der Waals surface area contributed by atoms with Crippen molar-refractivity contribution in [2.24, 2.45) is 5.92 Å². The Morgan fingerprint density at radius 1 is 1.38 bits per heavy atom. The summed E-state index contributed by atoms with van der Waals surface area (Å²) >= 11 is 0. The molecule has 1 fully saturated rings. The number of rotatable bonds is 4. The molecule has 0 unspecified atom stereocenters. The van der Waals surface area contributed by atoms with Gasteiger partial charge in [0.15, 0.2) is 0 Å². The van der Waals surface area contributed by atoms with Crippen molar-refractivity contribution in [3.05, 3.63) is 24.3 Å². The molecule has 16 heavy (non-hydrogen) atoms. The molecule has 1 aliphatic carbocycles. The lowest BCUT2D eigenvalue weighted by atomic mass is 9.84. The smallest absolute Gasteiger partial charge is 0.115 e. The van der Waals surface area contributed by atoms with Crippen molar-refractivity contribution in [3.63, 3.8) is 0 Å². The van der Waals surface area contributed by atoms with Crippen LogP contribution in [0.5, 0.6) is 0 Å². The monoisotopic (exact) mass is 219 g/mol. The van der Waals surface area contributed by atoms with Gasteiger partial charge in [-0.25, -0.2) is 9.97 Å². The third-order valence-corrected chi connectivity index (χ3v) is 3.61. The fourth-order valence-corrected chi connectivity index (χ4v) is 2.49. The summed E-state index contributed by atoms with van der Waals surface area (Å²) in [6.45, 7) is 3.16. The first-order valence-electron chi connectivity index (χ1n) is 6.34. The van der Waals surface area contributed by atoms with E-state index in [0.29, 0.717) is 6.04 Å². The van der Waals surface area contributed by atoms with Gasteiger partial charge in [0, 0.05) is 18.8 Å². The Morgan fingerprint density at radius 3 is 2.88 bits per heavy atom. The van der Waals surface area contributed by atoms with Crippen LogP contribution in [0.1, 0.15) is 44.7 Å². The molecule has 3 nitrogen and oxygen atoms in total. The van der Waals surface area contributed by atoms with Gasteiger partial charge < -0.3 is 5.32 Å². The van der Waals surface area contributed by atoms with Crippen LogP contribution in [0, 0.1) is 5.92 Å². The highest BCUT2D eigenvalue weighted by molar-refractivity contribution is 4.97. The quantitative estimate of drug-likeness (QED) is 0.845. The lowest BCUT2D eigenvalue weighted by Crippen LogP contribution is -2.34. The molecule has 0 radical (unpaired) electrons. The number of hydrogen-bond donors (Lipinski definition) is 1. The van der Waals surface area contributed by atoms with E-state index in [1.807, 2.05) is 6.07 Å². The second kappa shape index (κ2) is 5.94. The zero-order valence-electron chi connectivity index (χ0n) is 10.0. The van der Waals surface area contributed by atoms with E-state index in [1.54, 1.807) is 12.5 Å². The zero-order valence-corrected chi connectivity index (χ0v) is 10.0. The third kappa shape index (κ3) is 3.27. The topological polar surface area (TPSA) is 37.8 Å². The molecular weight excluding hydrogens is 198 g/mol. The molecule has 0 amide bonds. The van der Waals surface area contributed by atoms with Crippen LogP contribution < -0.4 is 5.32 Å². The minimum atomic E-state index is 0.607. The van der Waals surface area contributed by atoms with Gasteiger partial charge in [0.05, 0.1) is 5.69 Å². The molecule has 0 aromatic carbocycles. The first-order chi connectivity index (χ1) is 7.86. The van der Waals surface area contributed by atoms with Crippen molar-refractivity contribution in [3.8, 4) is 0 Å². The van der Waals surface area contributed by atoms with Crippen molar-refractivity contribution in [2.75, 3.05) is 0 Å². The molecule has 1 heterocycles. The molecule has 88 valence electrons. The maximum Gasteiger partial charge on any atom is 0.115 e. The summed E-state index contributed by atoms with van der Waals surface area (Å²) < 4.78 is 0. The standard InChI is InChI=1S/C13H21N3/c1-11(12-5-3-2-4-6-12)15-9-13-7-8-14-10-16-13/h7-8,10-12,15H,2-6,9H2,1H3/t11-/m0/s1. The van der Waals surface area contributed by atoms with Crippen LogP contribution in [-0.2, 0) is 6.54 Å². The van der Waals surface area contributed by atoms with Crippen LogP contribution in [0.4, 0.5) is 0 Å². The highest BCUT2D eigenvalue weighted by Gasteiger charge is 2.19. The Hall–Kier alpha value is -0.960. The van der Waals surface area contributed by atoms with Gasteiger partial charge >= 0.3 is 0 Å². The first kappa shape index (κ1) is 11.5. The number of hydrogen-bond acceptors (Lipinski definition) is 3. The molecular formula is C13H21N3. The lowest BCUT2D eigenvalue weighted by Gasteiger charge is -2.28. The van der Waals surface area contributed by atoms with Gasteiger partial charge in [-0.2, -0.15) is 0 Å². The molecule has 0 bridgehead atoms. The van der Waals surface area contributed by atoms with Gasteiger partial charge in [-0.3, -0.25) is 0 Å². The van der Waals surface area contributed by atoms with Crippen LogP contribution in [0.25, 0.3) is 0 Å². The molecule has 1 aromatic rings. The van der Waals surface area contributed by atoms with Crippen molar-refractivity contribution in [2.45, 2.75) is 51.6 Å². The predicted molar refractivity (Wildman–Crippen MR) is 64.9 cm³/mol. The summed E-state index contributed by atoms with van der Waals surface area (Å²) in [6.07, 6.45) is 10.4. The molecule has 1 N–H and O–H groups in total. The summed E-state index contributed by atoms with van der Waals surface area (Å²) in [7, 11) is 0. The van der Waals surface area contributed by atoms with E-state index in [-0.39, 0.29) is 0 Å². The van der Waals surface area contributed by atoms with Crippen molar-refractivity contribution in [1.29, 1.82) is 0 Å². The molecule has 0 saturated heterocycles. The molecule has 1 aliphatic rings. The predicted octanol–water partition coefficient (Wildman–Crippen LogP) is 2.54. The molecule has 3 heteroatoms. The number of nitrogens with one attached hydrogen (secondary N) is 1. The fourth-order valence-electron chi connectivity index (χ4n) is 2.49. The van der Waals surface area contributed by atoms with Gasteiger partial charge in [0.25, 0.3) is 0 Å². The van der Waals surface area contributed by atoms with E-state index >= 15 is 0 Å². The van der Waals surface area contributed by atoms with Crippen LogP contribution >= 0.6 is 0 Å². The normalized spacial score (nSPS) is 19.6. The van der Waals surface area contributed by atoms with E-state index in [9.17, 15) is 0 Å². The zero-order chi connectivity index (χ0) is 11.2. The SMILES string of the molecule is C[C@H](NCc1ccncn1)C1CCCCC1. The summed E-state index contributed by atoms with van der Waals surface area (Å²) in [4.78, 5) is 8.15. The Labute approximate surface area is 97.7 Å². The molecule has 0 spiro atoms. The number of nitrogens with zero attached hydrogens (tertiary/aromatic N) is 2. The van der Waals surface area contributed by atoms with Gasteiger partial charge in [0.1, 0.15) is 6.33 Å². The maximum absolute atomic E-state index is 4.22. The summed E-state index contributed by atoms with van der Waals surface area (Å²) in [5, 5.41) is 3.58. The lowest BCUT2D eigenvalue weighted by molar-refractivity contribution is 0.280. The second-order valence-electron chi connectivity index (χ2n) is 4.77. The Bertz CT molecular complexity index is 293. The van der Waals surface area contributed by atoms with Gasteiger partial charge in [0.2, 0.25) is 0 Å². The first-order valence-corrected chi connectivity index (χ1v) is 6.34. The minimum absolute atomic E-state index is 0.607. The van der Waals surface area contributed by atoms with E-state index in [4.69, 9.17) is 0 Å². The highest BCUT2D eigenvalue weighted by atomic mass is 14.9. The van der Waals surface area contributed by atoms with E-state index in [1.165, 1.54) is 32.1 Å². The Kier molecular flexibility index (Phi) is 4.28. The van der Waals surface area contributed by atoms with E-state index in [2.05, 4.69) is 22.2 Å². The molecule has 0 aliphatic heterocycles. The van der Waals surface area contributed by atoms with Gasteiger partial charge in [-0.15, -0.1) is 0 Å². The van der Waals surface area contributed by atoms with Gasteiger partial charge in [-0.1, -0.05) is 19.3 Å². The van der Waals surface area contributed by atoms with E-state index in [0.717, 1.165) is 18.2 Å². The Balaban J connectivity index is 1.76. The number of aromatic nitrogens is 2. The Morgan fingerprint density at radius 2 is 2.19 bits per heavy atom. The second-order valence-corrected chi connectivity index (χ2v) is 4.77. The van der Waals surface area contributed by atoms with Gasteiger partial charge in [-0.05, 0) is 31.7 Å². The highest BCUT2D eigenvalue weighted by Crippen LogP contribution is 2.26. The van der Waals surface area contributed by atoms with Crippen LogP contribution in [-0.4, -0.2) is 16.0 Å². The maximum atomic E-state index is 4.22. The molecule has 1 saturated carbocycles. The van der Waals surface area contributed by atoms with Crippen molar-refractivity contribution in [1.82, 2.24) is 15.3 Å². The molecule has 1 aromatic heterocycles. The van der Waals surface area contributed by atoms with Crippen LogP contribution in [0.15, 0.2) is 18.6 Å². The molecule has 2 rings (SSSR count).